The van der Waals surface area contributed by atoms with E-state index in [1.807, 2.05) is 30.3 Å². The summed E-state index contributed by atoms with van der Waals surface area (Å²) in [5, 5.41) is 6.92. The minimum Gasteiger partial charge on any atom is -0.383 e. The van der Waals surface area contributed by atoms with E-state index in [1.54, 1.807) is 12.4 Å². The van der Waals surface area contributed by atoms with Crippen molar-refractivity contribution in [3.8, 4) is 0 Å². The maximum Gasteiger partial charge on any atom is 0.252 e. The third kappa shape index (κ3) is 5.91. The molecule has 0 fully saturated rings. The van der Waals surface area contributed by atoms with E-state index in [1.165, 1.54) is 5.56 Å². The molecule has 0 bridgehead atoms. The standard InChI is InChI=1S/C18H22ClN3O/c1-13(2)10-22-18(23)15-9-17(12-20-11-15)21-7-6-14-4-3-5-16(19)8-14/h3-5,8-9,11-13,21H,6-7,10H2,1-2H3,(H,22,23). The van der Waals surface area contributed by atoms with Gasteiger partial charge in [-0.15, -0.1) is 0 Å². The van der Waals surface area contributed by atoms with Gasteiger partial charge in [0.1, 0.15) is 0 Å². The molecule has 0 aliphatic rings. The molecule has 1 aromatic heterocycles. The zero-order valence-corrected chi connectivity index (χ0v) is 14.2. The van der Waals surface area contributed by atoms with Crippen LogP contribution in [0.2, 0.25) is 5.02 Å². The first-order valence-electron chi connectivity index (χ1n) is 7.76. The summed E-state index contributed by atoms with van der Waals surface area (Å²) in [5.41, 5.74) is 2.58. The Morgan fingerprint density at radius 1 is 1.26 bits per heavy atom. The maximum atomic E-state index is 12.0. The number of amides is 1. The van der Waals surface area contributed by atoms with E-state index in [-0.39, 0.29) is 5.91 Å². The minimum atomic E-state index is -0.0929. The molecule has 23 heavy (non-hydrogen) atoms. The first kappa shape index (κ1) is 17.3. The monoisotopic (exact) mass is 331 g/mol. The number of halogens is 1. The predicted octanol–water partition coefficient (Wildman–Crippen LogP) is 3.78. The van der Waals surface area contributed by atoms with Crippen molar-refractivity contribution in [2.75, 3.05) is 18.4 Å². The van der Waals surface area contributed by atoms with Crippen LogP contribution in [0, 0.1) is 5.92 Å². The lowest BCUT2D eigenvalue weighted by molar-refractivity contribution is 0.0948. The minimum absolute atomic E-state index is 0.0929. The summed E-state index contributed by atoms with van der Waals surface area (Å²) < 4.78 is 0. The molecule has 0 saturated carbocycles. The molecule has 0 radical (unpaired) electrons. The molecule has 1 aromatic carbocycles. The van der Waals surface area contributed by atoms with Crippen LogP contribution < -0.4 is 10.6 Å². The van der Waals surface area contributed by atoms with Crippen LogP contribution in [0.25, 0.3) is 0 Å². The molecule has 122 valence electrons. The highest BCUT2D eigenvalue weighted by Gasteiger charge is 2.07. The van der Waals surface area contributed by atoms with E-state index < -0.39 is 0 Å². The molecule has 0 aliphatic carbocycles. The molecule has 1 amide bonds. The molecule has 0 atom stereocenters. The van der Waals surface area contributed by atoms with Crippen LogP contribution in [0.15, 0.2) is 42.7 Å². The first-order valence-corrected chi connectivity index (χ1v) is 8.14. The summed E-state index contributed by atoms with van der Waals surface area (Å²) in [4.78, 5) is 16.2. The number of benzene rings is 1. The van der Waals surface area contributed by atoms with Gasteiger partial charge in [-0.1, -0.05) is 37.6 Å². The second-order valence-corrected chi connectivity index (χ2v) is 6.31. The van der Waals surface area contributed by atoms with Gasteiger partial charge in [0.05, 0.1) is 11.3 Å². The molecular weight excluding hydrogens is 310 g/mol. The summed E-state index contributed by atoms with van der Waals surface area (Å²) >= 11 is 5.97. The summed E-state index contributed by atoms with van der Waals surface area (Å²) in [6.45, 7) is 5.53. The highest BCUT2D eigenvalue weighted by Crippen LogP contribution is 2.12. The Hall–Kier alpha value is -2.07. The predicted molar refractivity (Wildman–Crippen MR) is 95.1 cm³/mol. The average Bonchev–Trinajstić information content (AvgIpc) is 2.53. The van der Waals surface area contributed by atoms with Crippen molar-refractivity contribution in [3.05, 3.63) is 58.9 Å². The Kier molecular flexibility index (Phi) is 6.41. The van der Waals surface area contributed by atoms with Crippen molar-refractivity contribution in [3.63, 3.8) is 0 Å². The molecule has 1 heterocycles. The number of carbonyl (C=O) groups excluding carboxylic acids is 1. The van der Waals surface area contributed by atoms with Crippen LogP contribution in [-0.2, 0) is 6.42 Å². The van der Waals surface area contributed by atoms with E-state index >= 15 is 0 Å². The molecule has 2 rings (SSSR count). The lowest BCUT2D eigenvalue weighted by atomic mass is 10.1. The Morgan fingerprint density at radius 3 is 2.83 bits per heavy atom. The molecule has 0 unspecified atom stereocenters. The largest absolute Gasteiger partial charge is 0.383 e. The number of hydrogen-bond acceptors (Lipinski definition) is 3. The van der Waals surface area contributed by atoms with Crippen LogP contribution in [0.3, 0.4) is 0 Å². The lowest BCUT2D eigenvalue weighted by Gasteiger charge is -2.10. The van der Waals surface area contributed by atoms with E-state index in [0.29, 0.717) is 18.0 Å². The van der Waals surface area contributed by atoms with Crippen LogP contribution in [0.4, 0.5) is 5.69 Å². The SMILES string of the molecule is CC(C)CNC(=O)c1cncc(NCCc2cccc(Cl)c2)c1. The Morgan fingerprint density at radius 2 is 2.09 bits per heavy atom. The highest BCUT2D eigenvalue weighted by molar-refractivity contribution is 6.30. The van der Waals surface area contributed by atoms with Gasteiger partial charge in [-0.3, -0.25) is 9.78 Å². The maximum absolute atomic E-state index is 12.0. The van der Waals surface area contributed by atoms with E-state index in [0.717, 1.165) is 23.7 Å². The van der Waals surface area contributed by atoms with Crippen LogP contribution in [0.1, 0.15) is 29.8 Å². The van der Waals surface area contributed by atoms with Crippen molar-refractivity contribution in [1.82, 2.24) is 10.3 Å². The number of rotatable bonds is 7. The quantitative estimate of drug-likeness (QED) is 0.812. The fraction of sp³-hybridized carbons (Fsp3) is 0.333. The van der Waals surface area contributed by atoms with Gasteiger partial charge in [-0.2, -0.15) is 0 Å². The lowest BCUT2D eigenvalue weighted by Crippen LogP contribution is -2.27. The molecule has 0 spiro atoms. The van der Waals surface area contributed by atoms with Crippen LogP contribution in [0.5, 0.6) is 0 Å². The number of pyridine rings is 1. The van der Waals surface area contributed by atoms with Gasteiger partial charge in [0.2, 0.25) is 0 Å². The van der Waals surface area contributed by atoms with Crippen molar-refractivity contribution in [2.45, 2.75) is 20.3 Å². The van der Waals surface area contributed by atoms with Gasteiger partial charge < -0.3 is 10.6 Å². The Labute approximate surface area is 142 Å². The molecule has 2 N–H and O–H groups in total. The number of anilines is 1. The van der Waals surface area contributed by atoms with E-state index in [2.05, 4.69) is 29.5 Å². The molecule has 0 aliphatic heterocycles. The molecule has 0 saturated heterocycles. The molecule has 5 heteroatoms. The first-order chi connectivity index (χ1) is 11.0. The number of nitrogens with one attached hydrogen (secondary N) is 2. The van der Waals surface area contributed by atoms with Crippen LogP contribution >= 0.6 is 11.6 Å². The summed E-state index contributed by atoms with van der Waals surface area (Å²) in [5.74, 6) is 0.329. The smallest absolute Gasteiger partial charge is 0.252 e. The van der Waals surface area contributed by atoms with Gasteiger partial charge in [0.25, 0.3) is 5.91 Å². The second kappa shape index (κ2) is 8.53. The third-order valence-corrected chi connectivity index (χ3v) is 3.54. The number of nitrogens with zero attached hydrogens (tertiary/aromatic N) is 1. The fourth-order valence-electron chi connectivity index (χ4n) is 2.10. The molecule has 2 aromatic rings. The highest BCUT2D eigenvalue weighted by atomic mass is 35.5. The van der Waals surface area contributed by atoms with Gasteiger partial charge in [0, 0.05) is 30.5 Å². The zero-order chi connectivity index (χ0) is 16.7. The van der Waals surface area contributed by atoms with Crippen molar-refractivity contribution in [2.24, 2.45) is 5.92 Å². The van der Waals surface area contributed by atoms with Gasteiger partial charge in [-0.25, -0.2) is 0 Å². The Bertz CT molecular complexity index is 658. The van der Waals surface area contributed by atoms with Gasteiger partial charge in [-0.05, 0) is 36.1 Å². The van der Waals surface area contributed by atoms with Gasteiger partial charge in [0.15, 0.2) is 0 Å². The topological polar surface area (TPSA) is 54.0 Å². The van der Waals surface area contributed by atoms with Crippen LogP contribution in [-0.4, -0.2) is 24.0 Å². The van der Waals surface area contributed by atoms with E-state index in [9.17, 15) is 4.79 Å². The second-order valence-electron chi connectivity index (χ2n) is 5.87. The van der Waals surface area contributed by atoms with Crippen molar-refractivity contribution < 1.29 is 4.79 Å². The average molecular weight is 332 g/mol. The normalized spacial score (nSPS) is 10.6. The van der Waals surface area contributed by atoms with Crippen molar-refractivity contribution in [1.29, 1.82) is 0 Å². The fourth-order valence-corrected chi connectivity index (χ4v) is 2.32. The number of carbonyl (C=O) groups is 1. The summed E-state index contributed by atoms with van der Waals surface area (Å²) in [6.07, 6.45) is 4.15. The Balaban J connectivity index is 1.88. The van der Waals surface area contributed by atoms with Crippen molar-refractivity contribution >= 4 is 23.2 Å². The molecular formula is C18H22ClN3O. The third-order valence-electron chi connectivity index (χ3n) is 3.30. The summed E-state index contributed by atoms with van der Waals surface area (Å²) in [6, 6.07) is 9.63. The molecule has 4 nitrogen and oxygen atoms in total. The zero-order valence-electron chi connectivity index (χ0n) is 13.5. The van der Waals surface area contributed by atoms with Gasteiger partial charge >= 0.3 is 0 Å². The van der Waals surface area contributed by atoms with E-state index in [4.69, 9.17) is 11.6 Å². The number of hydrogen-bond donors (Lipinski definition) is 2. The summed E-state index contributed by atoms with van der Waals surface area (Å²) in [7, 11) is 0. The number of aromatic nitrogens is 1.